The quantitative estimate of drug-likeness (QED) is 0.576. The maximum atomic E-state index is 12.7. The van der Waals surface area contributed by atoms with Gasteiger partial charge < -0.3 is 20.1 Å². The van der Waals surface area contributed by atoms with Gasteiger partial charge >= 0.3 is 0 Å². The highest BCUT2D eigenvalue weighted by Gasteiger charge is 2.32. The third-order valence-corrected chi connectivity index (χ3v) is 5.23. The Morgan fingerprint density at radius 1 is 1.19 bits per heavy atom. The van der Waals surface area contributed by atoms with Crippen molar-refractivity contribution in [3.63, 3.8) is 0 Å². The molecule has 0 saturated carbocycles. The van der Waals surface area contributed by atoms with Crippen molar-refractivity contribution in [2.24, 2.45) is 0 Å². The third-order valence-electron chi connectivity index (χ3n) is 5.23. The number of amides is 2. The summed E-state index contributed by atoms with van der Waals surface area (Å²) in [5.41, 5.74) is 0.0193. The second-order valence-corrected chi connectivity index (χ2v) is 7.47. The van der Waals surface area contributed by atoms with Crippen molar-refractivity contribution < 1.29 is 19.4 Å². The Labute approximate surface area is 180 Å². The number of aromatic hydroxyl groups is 1. The summed E-state index contributed by atoms with van der Waals surface area (Å²) in [4.78, 5) is 39.3. The smallest absolute Gasteiger partial charge is 0.277 e. The summed E-state index contributed by atoms with van der Waals surface area (Å²) in [7, 11) is 3.23. The number of aromatic nitrogens is 1. The minimum Gasteiger partial charge on any atom is -0.502 e. The van der Waals surface area contributed by atoms with Crippen LogP contribution in [0.5, 0.6) is 5.75 Å². The molecule has 2 heterocycles. The Bertz CT molecular complexity index is 989. The van der Waals surface area contributed by atoms with Crippen LogP contribution >= 0.6 is 0 Å². The van der Waals surface area contributed by atoms with Gasteiger partial charge in [0.15, 0.2) is 11.4 Å². The summed E-state index contributed by atoms with van der Waals surface area (Å²) in [6.45, 7) is 1.29. The van der Waals surface area contributed by atoms with Gasteiger partial charge in [-0.1, -0.05) is 30.3 Å². The SMILES string of the molecule is COCCN1CN(C)n2cc(C(=O)NCCCCc3ccccc3)c(=O)c(O)c2C1=O. The summed E-state index contributed by atoms with van der Waals surface area (Å²) in [5.74, 6) is -1.79. The predicted molar refractivity (Wildman–Crippen MR) is 116 cm³/mol. The first-order chi connectivity index (χ1) is 14.9. The molecule has 1 aromatic carbocycles. The van der Waals surface area contributed by atoms with Crippen molar-refractivity contribution in [1.29, 1.82) is 0 Å². The van der Waals surface area contributed by atoms with E-state index in [1.807, 2.05) is 18.2 Å². The lowest BCUT2D eigenvalue weighted by atomic mass is 10.1. The van der Waals surface area contributed by atoms with E-state index >= 15 is 0 Å². The molecule has 0 fully saturated rings. The fourth-order valence-corrected chi connectivity index (χ4v) is 3.52. The first-order valence-electron chi connectivity index (χ1n) is 10.2. The van der Waals surface area contributed by atoms with Crippen molar-refractivity contribution in [1.82, 2.24) is 14.9 Å². The summed E-state index contributed by atoms with van der Waals surface area (Å²) >= 11 is 0. The first kappa shape index (κ1) is 22.4. The monoisotopic (exact) mass is 428 g/mol. The van der Waals surface area contributed by atoms with Crippen LogP contribution in [0.3, 0.4) is 0 Å². The summed E-state index contributed by atoms with van der Waals surface area (Å²) in [5, 5.41) is 14.8. The van der Waals surface area contributed by atoms with Gasteiger partial charge in [0.1, 0.15) is 12.2 Å². The number of fused-ring (bicyclic) bond motifs is 1. The molecule has 166 valence electrons. The van der Waals surface area contributed by atoms with E-state index in [9.17, 15) is 19.5 Å². The average Bonchev–Trinajstić information content (AvgIpc) is 2.77. The van der Waals surface area contributed by atoms with Gasteiger partial charge in [-0.3, -0.25) is 24.1 Å². The Morgan fingerprint density at radius 2 is 1.94 bits per heavy atom. The zero-order valence-corrected chi connectivity index (χ0v) is 17.8. The van der Waals surface area contributed by atoms with E-state index in [0.717, 1.165) is 19.3 Å². The van der Waals surface area contributed by atoms with E-state index in [1.54, 1.807) is 12.1 Å². The van der Waals surface area contributed by atoms with Crippen molar-refractivity contribution in [3.8, 4) is 5.75 Å². The average molecular weight is 428 g/mol. The van der Waals surface area contributed by atoms with Crippen LogP contribution in [0.2, 0.25) is 0 Å². The van der Waals surface area contributed by atoms with E-state index in [2.05, 4.69) is 17.4 Å². The number of methoxy groups -OCH3 is 1. The molecule has 0 spiro atoms. The Hall–Kier alpha value is -3.33. The van der Waals surface area contributed by atoms with Crippen molar-refractivity contribution >= 4 is 11.8 Å². The van der Waals surface area contributed by atoms with Crippen molar-refractivity contribution in [2.75, 3.05) is 45.5 Å². The molecule has 9 heteroatoms. The molecule has 2 N–H and O–H groups in total. The normalized spacial score (nSPS) is 13.3. The number of nitrogens with zero attached hydrogens (tertiary/aromatic N) is 3. The molecule has 3 rings (SSSR count). The zero-order chi connectivity index (χ0) is 22.4. The van der Waals surface area contributed by atoms with Crippen molar-refractivity contribution in [2.45, 2.75) is 19.3 Å². The molecule has 0 saturated heterocycles. The number of hydrogen-bond donors (Lipinski definition) is 2. The van der Waals surface area contributed by atoms with E-state index < -0.39 is 23.0 Å². The summed E-state index contributed by atoms with van der Waals surface area (Å²) in [6.07, 6.45) is 3.87. The summed E-state index contributed by atoms with van der Waals surface area (Å²) in [6, 6.07) is 10.1. The van der Waals surface area contributed by atoms with E-state index in [1.165, 1.54) is 28.4 Å². The van der Waals surface area contributed by atoms with Gasteiger partial charge in [-0.15, -0.1) is 0 Å². The molecule has 0 unspecified atom stereocenters. The van der Waals surface area contributed by atoms with Gasteiger partial charge in [-0.05, 0) is 24.8 Å². The lowest BCUT2D eigenvalue weighted by Crippen LogP contribution is -2.53. The van der Waals surface area contributed by atoms with Gasteiger partial charge in [-0.2, -0.15) is 0 Å². The number of benzene rings is 1. The highest BCUT2D eigenvalue weighted by atomic mass is 16.5. The number of hydrogen-bond acceptors (Lipinski definition) is 6. The topological polar surface area (TPSA) is 104 Å². The van der Waals surface area contributed by atoms with E-state index in [4.69, 9.17) is 4.74 Å². The molecular formula is C22H28N4O5. The standard InChI is InChI=1S/C22H28N4O5/c1-24-15-25(12-13-31-2)22(30)18-20(28)19(27)17(14-26(18)24)21(29)23-11-7-6-10-16-8-4-3-5-9-16/h3-5,8-9,14,28H,6-7,10-13,15H2,1-2H3,(H,23,29). The number of pyridine rings is 1. The third kappa shape index (κ3) is 5.05. The Kier molecular flexibility index (Phi) is 7.30. The van der Waals surface area contributed by atoms with Gasteiger partial charge in [0.25, 0.3) is 11.8 Å². The highest BCUT2D eigenvalue weighted by Crippen LogP contribution is 2.20. The predicted octanol–water partition coefficient (Wildman–Crippen LogP) is 0.934. The number of rotatable bonds is 9. The van der Waals surface area contributed by atoms with Crippen LogP contribution in [0.15, 0.2) is 41.3 Å². The van der Waals surface area contributed by atoms with Crippen LogP contribution in [0.1, 0.15) is 39.3 Å². The maximum absolute atomic E-state index is 12.7. The molecule has 2 amide bonds. The van der Waals surface area contributed by atoms with E-state index in [0.29, 0.717) is 19.7 Å². The number of nitrogens with one attached hydrogen (secondary N) is 1. The maximum Gasteiger partial charge on any atom is 0.277 e. The van der Waals surface area contributed by atoms with Crippen LogP contribution < -0.4 is 15.8 Å². The van der Waals surface area contributed by atoms with Crippen LogP contribution in [-0.2, 0) is 11.2 Å². The molecule has 1 aliphatic rings. The van der Waals surface area contributed by atoms with Gasteiger partial charge in [-0.25, -0.2) is 0 Å². The number of carbonyl (C=O) groups is 2. The Balaban J connectivity index is 1.66. The molecule has 31 heavy (non-hydrogen) atoms. The molecule has 1 aliphatic heterocycles. The zero-order valence-electron chi connectivity index (χ0n) is 17.8. The molecule has 1 aromatic heterocycles. The fraction of sp³-hybridized carbons (Fsp3) is 0.409. The lowest BCUT2D eigenvalue weighted by molar-refractivity contribution is 0.0629. The molecule has 2 aromatic rings. The molecular weight excluding hydrogens is 400 g/mol. The first-order valence-corrected chi connectivity index (χ1v) is 10.2. The fourth-order valence-electron chi connectivity index (χ4n) is 3.52. The highest BCUT2D eigenvalue weighted by molar-refractivity contribution is 5.99. The Morgan fingerprint density at radius 3 is 2.65 bits per heavy atom. The molecule has 0 radical (unpaired) electrons. The molecule has 0 bridgehead atoms. The van der Waals surface area contributed by atoms with Crippen molar-refractivity contribution in [3.05, 3.63) is 63.6 Å². The second kappa shape index (κ2) is 10.1. The summed E-state index contributed by atoms with van der Waals surface area (Å²) < 4.78 is 6.36. The largest absolute Gasteiger partial charge is 0.502 e. The number of unbranched alkanes of at least 4 members (excludes halogenated alkanes) is 1. The van der Waals surface area contributed by atoms with Gasteiger partial charge in [0.2, 0.25) is 5.43 Å². The van der Waals surface area contributed by atoms with Crippen LogP contribution in [0.25, 0.3) is 0 Å². The van der Waals surface area contributed by atoms with E-state index in [-0.39, 0.29) is 17.9 Å². The molecule has 0 aliphatic carbocycles. The van der Waals surface area contributed by atoms with Crippen LogP contribution in [0, 0.1) is 0 Å². The second-order valence-electron chi connectivity index (χ2n) is 7.47. The number of ether oxygens (including phenoxy) is 1. The van der Waals surface area contributed by atoms with Crippen LogP contribution in [0.4, 0.5) is 0 Å². The number of carbonyl (C=O) groups excluding carboxylic acids is 2. The van der Waals surface area contributed by atoms with Crippen LogP contribution in [-0.4, -0.2) is 67.0 Å². The number of aryl methyl sites for hydroxylation is 1. The molecule has 0 atom stereocenters. The lowest BCUT2D eigenvalue weighted by Gasteiger charge is -2.37. The minimum atomic E-state index is -0.858. The van der Waals surface area contributed by atoms with Gasteiger partial charge in [0, 0.05) is 33.4 Å². The van der Waals surface area contributed by atoms with Gasteiger partial charge in [0.05, 0.1) is 6.61 Å². The minimum absolute atomic E-state index is 0.158. The molecule has 9 nitrogen and oxygen atoms in total.